The number of hydrogen-bond acceptors (Lipinski definition) is 5. The SMILES string of the molecule is OCCCOc1ccc(N(c2ccc(OCCCO)cc2)c2ccc3ccc4cccc5ccc2c3c45)cc1. The number of rotatable bonds is 11. The second kappa shape index (κ2) is 11.2. The molecule has 5 nitrogen and oxygen atoms in total. The van der Waals surface area contributed by atoms with Gasteiger partial charge in [0.2, 0.25) is 0 Å². The summed E-state index contributed by atoms with van der Waals surface area (Å²) in [5, 5.41) is 25.6. The van der Waals surface area contributed by atoms with Crippen LogP contribution in [-0.2, 0) is 0 Å². The minimum atomic E-state index is 0.111. The zero-order chi connectivity index (χ0) is 26.6. The van der Waals surface area contributed by atoms with Gasteiger partial charge in [-0.3, -0.25) is 0 Å². The van der Waals surface area contributed by atoms with E-state index in [9.17, 15) is 0 Å². The monoisotopic (exact) mass is 517 g/mol. The highest BCUT2D eigenvalue weighted by molar-refractivity contribution is 6.25. The summed E-state index contributed by atoms with van der Waals surface area (Å²) in [6, 6.07) is 35.9. The van der Waals surface area contributed by atoms with E-state index in [1.54, 1.807) is 0 Å². The fraction of sp³-hybridized carbons (Fsp3) is 0.176. The van der Waals surface area contributed by atoms with Crippen LogP contribution in [0.2, 0.25) is 0 Å². The Morgan fingerprint density at radius 2 is 1.00 bits per heavy atom. The van der Waals surface area contributed by atoms with Crippen LogP contribution in [-0.4, -0.2) is 36.6 Å². The summed E-state index contributed by atoms with van der Waals surface area (Å²) in [6.07, 6.45) is 1.20. The molecule has 0 bridgehead atoms. The molecule has 0 aliphatic rings. The van der Waals surface area contributed by atoms with Crippen molar-refractivity contribution in [3.8, 4) is 11.5 Å². The number of benzene rings is 6. The van der Waals surface area contributed by atoms with Crippen molar-refractivity contribution in [2.24, 2.45) is 0 Å². The molecule has 0 radical (unpaired) electrons. The molecule has 0 saturated carbocycles. The van der Waals surface area contributed by atoms with E-state index in [0.29, 0.717) is 26.1 Å². The van der Waals surface area contributed by atoms with Crippen LogP contribution in [0.15, 0.2) is 103 Å². The molecule has 2 N–H and O–H groups in total. The molecule has 6 aromatic rings. The number of anilines is 3. The molecule has 0 atom stereocenters. The number of aliphatic hydroxyl groups excluding tert-OH is 2. The van der Waals surface area contributed by atoms with Gasteiger partial charge in [0.25, 0.3) is 0 Å². The van der Waals surface area contributed by atoms with Crippen LogP contribution in [0.3, 0.4) is 0 Å². The summed E-state index contributed by atoms with van der Waals surface area (Å²) in [4.78, 5) is 2.26. The maximum absolute atomic E-state index is 9.08. The highest BCUT2D eigenvalue weighted by atomic mass is 16.5. The van der Waals surface area contributed by atoms with Gasteiger partial charge in [-0.05, 0) is 81.5 Å². The molecule has 0 saturated heterocycles. The van der Waals surface area contributed by atoms with Gasteiger partial charge in [-0.15, -0.1) is 0 Å². The lowest BCUT2D eigenvalue weighted by atomic mass is 9.93. The van der Waals surface area contributed by atoms with Gasteiger partial charge >= 0.3 is 0 Å². The van der Waals surface area contributed by atoms with Crippen molar-refractivity contribution in [2.45, 2.75) is 12.8 Å². The molecule has 0 aliphatic carbocycles. The lowest BCUT2D eigenvalue weighted by molar-refractivity contribution is 0.233. The highest BCUT2D eigenvalue weighted by Crippen LogP contribution is 2.44. The molecule has 0 heterocycles. The fourth-order valence-corrected chi connectivity index (χ4v) is 5.23. The fourth-order valence-electron chi connectivity index (χ4n) is 5.23. The van der Waals surface area contributed by atoms with Crippen molar-refractivity contribution in [1.82, 2.24) is 0 Å². The first-order valence-corrected chi connectivity index (χ1v) is 13.4. The van der Waals surface area contributed by atoms with Crippen molar-refractivity contribution in [3.05, 3.63) is 103 Å². The molecule has 0 spiro atoms. The number of nitrogens with zero attached hydrogens (tertiary/aromatic N) is 1. The lowest BCUT2D eigenvalue weighted by Crippen LogP contribution is -2.11. The van der Waals surface area contributed by atoms with E-state index in [1.165, 1.54) is 32.3 Å². The third-order valence-corrected chi connectivity index (χ3v) is 7.08. The molecule has 6 rings (SSSR count). The van der Waals surface area contributed by atoms with Gasteiger partial charge in [0.1, 0.15) is 11.5 Å². The Kier molecular flexibility index (Phi) is 7.17. The van der Waals surface area contributed by atoms with Crippen LogP contribution in [0.5, 0.6) is 11.5 Å². The van der Waals surface area contributed by atoms with E-state index in [4.69, 9.17) is 19.7 Å². The summed E-state index contributed by atoms with van der Waals surface area (Å²) in [6.45, 7) is 1.18. The Morgan fingerprint density at radius 1 is 0.513 bits per heavy atom. The summed E-state index contributed by atoms with van der Waals surface area (Å²) in [5.41, 5.74) is 3.10. The minimum absolute atomic E-state index is 0.111. The Morgan fingerprint density at radius 3 is 1.54 bits per heavy atom. The first-order valence-electron chi connectivity index (χ1n) is 13.4. The smallest absolute Gasteiger partial charge is 0.119 e. The lowest BCUT2D eigenvalue weighted by Gasteiger charge is -2.28. The van der Waals surface area contributed by atoms with E-state index in [0.717, 1.165) is 28.6 Å². The molecule has 0 aromatic heterocycles. The molecule has 6 aromatic carbocycles. The van der Waals surface area contributed by atoms with E-state index >= 15 is 0 Å². The average molecular weight is 518 g/mol. The predicted molar refractivity (Wildman–Crippen MR) is 159 cm³/mol. The standard InChI is InChI=1S/C34H31NO4/c36-20-2-22-38-29-14-10-27(11-15-29)35(28-12-16-30(17-13-28)39-23-3-21-37)32-19-9-26-7-6-24-4-1-5-25-8-18-31(32)34(26)33(24)25/h1,4-19,36-37H,2-3,20-23H2. The van der Waals surface area contributed by atoms with E-state index in [-0.39, 0.29) is 13.2 Å². The zero-order valence-electron chi connectivity index (χ0n) is 21.7. The topological polar surface area (TPSA) is 62.2 Å². The van der Waals surface area contributed by atoms with Gasteiger partial charge in [-0.1, -0.05) is 48.5 Å². The molecule has 0 amide bonds. The molecular formula is C34H31NO4. The quantitative estimate of drug-likeness (QED) is 0.137. The van der Waals surface area contributed by atoms with Crippen molar-refractivity contribution < 1.29 is 19.7 Å². The van der Waals surface area contributed by atoms with Gasteiger partial charge in [-0.2, -0.15) is 0 Å². The molecule has 39 heavy (non-hydrogen) atoms. The largest absolute Gasteiger partial charge is 0.494 e. The third-order valence-electron chi connectivity index (χ3n) is 7.08. The summed E-state index contributed by atoms with van der Waals surface area (Å²) in [7, 11) is 0. The third kappa shape index (κ3) is 4.94. The molecule has 5 heteroatoms. The molecule has 0 fully saturated rings. The summed E-state index contributed by atoms with van der Waals surface area (Å²) in [5.74, 6) is 1.55. The van der Waals surface area contributed by atoms with E-state index in [2.05, 4.69) is 83.8 Å². The maximum atomic E-state index is 9.08. The second-order valence-corrected chi connectivity index (χ2v) is 9.62. The first-order chi connectivity index (χ1) is 19.3. The second-order valence-electron chi connectivity index (χ2n) is 9.62. The summed E-state index contributed by atoms with van der Waals surface area (Å²) >= 11 is 0. The van der Waals surface area contributed by atoms with Crippen molar-refractivity contribution in [2.75, 3.05) is 31.3 Å². The van der Waals surface area contributed by atoms with Crippen LogP contribution in [0.4, 0.5) is 17.1 Å². The average Bonchev–Trinajstić information content (AvgIpc) is 2.98. The molecule has 0 unspecified atom stereocenters. The van der Waals surface area contributed by atoms with Crippen LogP contribution >= 0.6 is 0 Å². The van der Waals surface area contributed by atoms with Crippen LogP contribution in [0.25, 0.3) is 32.3 Å². The van der Waals surface area contributed by atoms with Gasteiger partial charge in [0.05, 0.1) is 18.9 Å². The highest BCUT2D eigenvalue weighted by Gasteiger charge is 2.18. The Hall–Kier alpha value is -4.32. The van der Waals surface area contributed by atoms with E-state index in [1.807, 2.05) is 24.3 Å². The molecule has 0 aliphatic heterocycles. The van der Waals surface area contributed by atoms with E-state index < -0.39 is 0 Å². The first kappa shape index (κ1) is 25.0. The zero-order valence-corrected chi connectivity index (χ0v) is 21.7. The number of hydrogen-bond donors (Lipinski definition) is 2. The number of aliphatic hydroxyl groups is 2. The molecular weight excluding hydrogens is 486 g/mol. The Balaban J connectivity index is 1.47. The normalized spacial score (nSPS) is 11.4. The Labute approximate surface area is 227 Å². The van der Waals surface area contributed by atoms with Gasteiger partial charge in [0, 0.05) is 42.8 Å². The van der Waals surface area contributed by atoms with Gasteiger partial charge in [-0.25, -0.2) is 0 Å². The van der Waals surface area contributed by atoms with Crippen LogP contribution < -0.4 is 14.4 Å². The minimum Gasteiger partial charge on any atom is -0.494 e. The van der Waals surface area contributed by atoms with Crippen molar-refractivity contribution >= 4 is 49.4 Å². The predicted octanol–water partition coefficient (Wildman–Crippen LogP) is 7.58. The number of ether oxygens (including phenoxy) is 2. The van der Waals surface area contributed by atoms with Crippen LogP contribution in [0, 0.1) is 0 Å². The van der Waals surface area contributed by atoms with Crippen molar-refractivity contribution in [1.29, 1.82) is 0 Å². The summed E-state index contributed by atoms with van der Waals surface area (Å²) < 4.78 is 11.6. The molecule has 196 valence electrons. The Bertz CT molecular complexity index is 1610. The van der Waals surface area contributed by atoms with Gasteiger partial charge < -0.3 is 24.6 Å². The van der Waals surface area contributed by atoms with Crippen LogP contribution in [0.1, 0.15) is 12.8 Å². The van der Waals surface area contributed by atoms with Gasteiger partial charge in [0.15, 0.2) is 0 Å². The maximum Gasteiger partial charge on any atom is 0.119 e. The van der Waals surface area contributed by atoms with Crippen molar-refractivity contribution in [3.63, 3.8) is 0 Å².